The van der Waals surface area contributed by atoms with Crippen molar-refractivity contribution in [3.05, 3.63) is 34.1 Å². The van der Waals surface area contributed by atoms with E-state index < -0.39 is 21.8 Å². The van der Waals surface area contributed by atoms with E-state index in [9.17, 15) is 19.3 Å². The number of anilines is 1. The Morgan fingerprint density at radius 1 is 1.29 bits per heavy atom. The van der Waals surface area contributed by atoms with E-state index in [1.165, 1.54) is 12.5 Å². The molecule has 4 saturated carbocycles. The summed E-state index contributed by atoms with van der Waals surface area (Å²) in [5, 5.41) is 13.7. The molecule has 4 bridgehead atoms. The van der Waals surface area contributed by atoms with Gasteiger partial charge in [-0.15, -0.1) is 0 Å². The monoisotopic (exact) mass is 396 g/mol. The number of alkyl halides is 1. The molecule has 5 rings (SSSR count). The van der Waals surface area contributed by atoms with Crippen molar-refractivity contribution >= 4 is 33.2 Å². The third-order valence-electron chi connectivity index (χ3n) is 5.87. The first-order valence-electron chi connectivity index (χ1n) is 8.23. The zero-order chi connectivity index (χ0) is 17.1. The number of nitro groups is 1. The van der Waals surface area contributed by atoms with E-state index in [0.717, 1.165) is 44.2 Å². The average molecular weight is 397 g/mol. The average Bonchev–Trinajstić information content (AvgIpc) is 2.46. The lowest BCUT2D eigenvalue weighted by atomic mass is 9.49. The van der Waals surface area contributed by atoms with Crippen LogP contribution in [0.1, 0.15) is 38.5 Å². The van der Waals surface area contributed by atoms with Gasteiger partial charge in [0.2, 0.25) is 11.7 Å². The summed E-state index contributed by atoms with van der Waals surface area (Å²) in [6.07, 6.45) is 6.02. The zero-order valence-corrected chi connectivity index (χ0v) is 14.6. The van der Waals surface area contributed by atoms with Gasteiger partial charge in [-0.1, -0.05) is 15.9 Å². The number of rotatable bonds is 3. The third-order valence-corrected chi connectivity index (χ3v) is 6.80. The summed E-state index contributed by atoms with van der Waals surface area (Å²) >= 11 is 3.87. The fraction of sp³-hybridized carbons (Fsp3) is 0.588. The normalized spacial score (nSPS) is 36.6. The Morgan fingerprint density at radius 3 is 2.54 bits per heavy atom. The SMILES string of the molecule is O=C(Nc1ccc(F)c([N+](=O)[O-])c1)C12CC3CC(CC(Br)(C3)C1)C2. The highest BCUT2D eigenvalue weighted by Crippen LogP contribution is 2.64. The number of nitro benzene ring substituents is 1. The van der Waals surface area contributed by atoms with Crippen molar-refractivity contribution in [1.29, 1.82) is 0 Å². The number of amides is 1. The predicted molar refractivity (Wildman–Crippen MR) is 90.5 cm³/mol. The van der Waals surface area contributed by atoms with Crippen molar-refractivity contribution in [3.63, 3.8) is 0 Å². The summed E-state index contributed by atoms with van der Waals surface area (Å²) in [7, 11) is 0. The van der Waals surface area contributed by atoms with Crippen LogP contribution in [0, 0.1) is 33.2 Å². The van der Waals surface area contributed by atoms with Crippen LogP contribution in [-0.4, -0.2) is 15.2 Å². The van der Waals surface area contributed by atoms with Crippen LogP contribution in [-0.2, 0) is 4.79 Å². The first-order chi connectivity index (χ1) is 11.3. The Hall–Kier alpha value is -1.50. The largest absolute Gasteiger partial charge is 0.325 e. The maximum atomic E-state index is 13.5. The summed E-state index contributed by atoms with van der Waals surface area (Å²) in [6, 6.07) is 3.50. The molecule has 1 N–H and O–H groups in total. The van der Waals surface area contributed by atoms with Crippen molar-refractivity contribution < 1.29 is 14.1 Å². The molecule has 7 heteroatoms. The van der Waals surface area contributed by atoms with E-state index in [-0.39, 0.29) is 15.9 Å². The van der Waals surface area contributed by atoms with E-state index in [4.69, 9.17) is 0 Å². The number of halogens is 2. The minimum Gasteiger partial charge on any atom is -0.325 e. The Bertz CT molecular complexity index is 725. The molecule has 0 radical (unpaired) electrons. The molecule has 4 aliphatic carbocycles. The van der Waals surface area contributed by atoms with Gasteiger partial charge in [0.25, 0.3) is 0 Å². The summed E-state index contributed by atoms with van der Waals surface area (Å²) in [6.45, 7) is 0. The Kier molecular flexibility index (Phi) is 3.50. The lowest BCUT2D eigenvalue weighted by Gasteiger charge is -2.59. The minimum atomic E-state index is -0.896. The van der Waals surface area contributed by atoms with E-state index in [1.807, 2.05) is 0 Å². The van der Waals surface area contributed by atoms with Gasteiger partial charge in [-0.25, -0.2) is 0 Å². The number of carbonyl (C=O) groups excluding carboxylic acids is 1. The smallest absolute Gasteiger partial charge is 0.306 e. The number of nitrogens with zero attached hydrogens (tertiary/aromatic N) is 1. The fourth-order valence-corrected chi connectivity index (χ4v) is 6.86. The molecule has 0 aliphatic heterocycles. The Morgan fingerprint density at radius 2 is 1.96 bits per heavy atom. The molecule has 5 nitrogen and oxygen atoms in total. The highest BCUT2D eigenvalue weighted by Gasteiger charge is 2.59. The van der Waals surface area contributed by atoms with Crippen LogP contribution in [0.25, 0.3) is 0 Å². The Labute approximate surface area is 147 Å². The van der Waals surface area contributed by atoms with Crippen LogP contribution in [0.4, 0.5) is 15.8 Å². The van der Waals surface area contributed by atoms with Gasteiger partial charge >= 0.3 is 5.69 Å². The second kappa shape index (κ2) is 5.25. The lowest BCUT2D eigenvalue weighted by molar-refractivity contribution is -0.387. The summed E-state index contributed by atoms with van der Waals surface area (Å²) in [4.78, 5) is 23.1. The molecule has 1 aromatic carbocycles. The number of hydrogen-bond donors (Lipinski definition) is 1. The van der Waals surface area contributed by atoms with Gasteiger partial charge < -0.3 is 5.32 Å². The van der Waals surface area contributed by atoms with E-state index in [0.29, 0.717) is 11.8 Å². The first kappa shape index (κ1) is 16.0. The van der Waals surface area contributed by atoms with Crippen molar-refractivity contribution in [3.8, 4) is 0 Å². The van der Waals surface area contributed by atoms with Gasteiger partial charge in [-0.3, -0.25) is 14.9 Å². The van der Waals surface area contributed by atoms with Crippen LogP contribution in [0.5, 0.6) is 0 Å². The highest BCUT2D eigenvalue weighted by molar-refractivity contribution is 9.10. The molecular weight excluding hydrogens is 379 g/mol. The maximum absolute atomic E-state index is 13.5. The van der Waals surface area contributed by atoms with Crippen LogP contribution in [0.2, 0.25) is 0 Å². The molecule has 4 aliphatic rings. The third kappa shape index (κ3) is 2.53. The number of benzene rings is 1. The topological polar surface area (TPSA) is 72.2 Å². The molecule has 0 spiro atoms. The molecule has 0 heterocycles. The van der Waals surface area contributed by atoms with Crippen LogP contribution >= 0.6 is 15.9 Å². The van der Waals surface area contributed by atoms with Gasteiger partial charge in [0.05, 0.1) is 10.3 Å². The molecule has 1 aromatic rings. The number of carbonyl (C=O) groups is 1. The van der Waals surface area contributed by atoms with E-state index in [2.05, 4.69) is 21.2 Å². The van der Waals surface area contributed by atoms with Crippen LogP contribution in [0.3, 0.4) is 0 Å². The molecule has 2 atom stereocenters. The lowest BCUT2D eigenvalue weighted by Crippen LogP contribution is -2.57. The zero-order valence-electron chi connectivity index (χ0n) is 13.1. The van der Waals surface area contributed by atoms with Crippen molar-refractivity contribution in [2.45, 2.75) is 42.8 Å². The van der Waals surface area contributed by atoms with Crippen molar-refractivity contribution in [1.82, 2.24) is 0 Å². The molecule has 0 aromatic heterocycles. The van der Waals surface area contributed by atoms with E-state index >= 15 is 0 Å². The number of nitrogens with one attached hydrogen (secondary N) is 1. The maximum Gasteiger partial charge on any atom is 0.306 e. The summed E-state index contributed by atoms with van der Waals surface area (Å²) < 4.78 is 13.5. The molecule has 2 unspecified atom stereocenters. The molecule has 24 heavy (non-hydrogen) atoms. The van der Waals surface area contributed by atoms with Gasteiger partial charge in [-0.05, 0) is 62.5 Å². The second-order valence-electron chi connectivity index (χ2n) is 7.77. The molecule has 0 saturated heterocycles. The summed E-state index contributed by atoms with van der Waals surface area (Å²) in [5.74, 6) is 0.159. The predicted octanol–water partition coefficient (Wildman–Crippen LogP) is 4.41. The minimum absolute atomic E-state index is 0.0587. The summed E-state index contributed by atoms with van der Waals surface area (Å²) in [5.41, 5.74) is -0.737. The van der Waals surface area contributed by atoms with Gasteiger partial charge in [0, 0.05) is 16.1 Å². The van der Waals surface area contributed by atoms with Crippen LogP contribution < -0.4 is 5.32 Å². The highest BCUT2D eigenvalue weighted by atomic mass is 79.9. The molecule has 4 fully saturated rings. The van der Waals surface area contributed by atoms with Gasteiger partial charge in [-0.2, -0.15) is 4.39 Å². The van der Waals surface area contributed by atoms with Crippen molar-refractivity contribution in [2.24, 2.45) is 17.3 Å². The first-order valence-corrected chi connectivity index (χ1v) is 9.02. The van der Waals surface area contributed by atoms with Gasteiger partial charge in [0.1, 0.15) is 0 Å². The molecule has 1 amide bonds. The van der Waals surface area contributed by atoms with Crippen LogP contribution in [0.15, 0.2) is 18.2 Å². The Balaban J connectivity index is 1.59. The molecular formula is C17H18BrFN2O3. The van der Waals surface area contributed by atoms with Crippen molar-refractivity contribution in [2.75, 3.05) is 5.32 Å². The fourth-order valence-electron chi connectivity index (χ4n) is 5.41. The molecule has 128 valence electrons. The van der Waals surface area contributed by atoms with E-state index in [1.54, 1.807) is 0 Å². The quantitative estimate of drug-likeness (QED) is 0.467. The standard InChI is InChI=1S/C17H18BrFN2O3/c18-17-7-10-3-11(8-17)6-16(5-10,9-17)15(22)20-12-1-2-13(19)14(4-12)21(23)24/h1-2,4,10-11H,3,5-9H2,(H,20,22). The number of hydrogen-bond acceptors (Lipinski definition) is 3. The van der Waals surface area contributed by atoms with Gasteiger partial charge in [0.15, 0.2) is 0 Å². The second-order valence-corrected chi connectivity index (χ2v) is 9.45.